The van der Waals surface area contributed by atoms with E-state index in [1.54, 1.807) is 0 Å². The average Bonchev–Trinajstić information content (AvgIpc) is 3.05. The molecule has 2 unspecified atom stereocenters. The van der Waals surface area contributed by atoms with Gasteiger partial charge < -0.3 is 9.47 Å². The van der Waals surface area contributed by atoms with Gasteiger partial charge in [-0.25, -0.2) is 0 Å². The second kappa shape index (κ2) is 9.44. The van der Waals surface area contributed by atoms with Crippen molar-refractivity contribution in [2.75, 3.05) is 52.5 Å². The minimum Gasteiger partial charge on any atom is -0.377 e. The molecule has 0 aliphatic carbocycles. The van der Waals surface area contributed by atoms with Gasteiger partial charge >= 0.3 is 0 Å². The molecule has 3 rings (SSSR count). The van der Waals surface area contributed by atoms with Crippen molar-refractivity contribution in [1.82, 2.24) is 9.80 Å². The van der Waals surface area contributed by atoms with Crippen LogP contribution in [0.1, 0.15) is 25.7 Å². The number of ether oxygens (including phenoxy) is 2. The molecule has 6 heteroatoms. The van der Waals surface area contributed by atoms with E-state index in [2.05, 4.69) is 9.80 Å². The molecule has 2 atom stereocenters. The Morgan fingerprint density at radius 3 is 1.40 bits per heavy atom. The summed E-state index contributed by atoms with van der Waals surface area (Å²) in [6, 6.07) is 0. The molecule has 0 saturated carbocycles. The molecule has 3 aliphatic heterocycles. The highest BCUT2D eigenvalue weighted by Gasteiger charge is 2.25. The van der Waals surface area contributed by atoms with Crippen molar-refractivity contribution in [2.45, 2.75) is 37.9 Å². The highest BCUT2D eigenvalue weighted by atomic mass is 35.5. The Bertz CT molecular complexity index is 226. The van der Waals surface area contributed by atoms with Gasteiger partial charge in [-0.2, -0.15) is 0 Å². The van der Waals surface area contributed by atoms with Crippen LogP contribution in [-0.4, -0.2) is 74.5 Å². The Morgan fingerprint density at radius 2 is 1.10 bits per heavy atom. The van der Waals surface area contributed by atoms with Crippen molar-refractivity contribution >= 4 is 24.8 Å². The summed E-state index contributed by atoms with van der Waals surface area (Å²) in [6.07, 6.45) is 6.05. The van der Waals surface area contributed by atoms with E-state index in [0.29, 0.717) is 12.2 Å². The van der Waals surface area contributed by atoms with Gasteiger partial charge in [0.25, 0.3) is 0 Å². The smallest absolute Gasteiger partial charge is 0.0702 e. The summed E-state index contributed by atoms with van der Waals surface area (Å²) in [7, 11) is 0. The third-order valence-electron chi connectivity index (χ3n) is 4.44. The van der Waals surface area contributed by atoms with Crippen LogP contribution in [0.4, 0.5) is 0 Å². The predicted molar refractivity (Wildman–Crippen MR) is 85.3 cm³/mol. The van der Waals surface area contributed by atoms with E-state index in [1.165, 1.54) is 51.9 Å². The second-order valence-electron chi connectivity index (χ2n) is 5.87. The maximum absolute atomic E-state index is 5.71. The molecule has 0 aromatic heterocycles. The molecule has 20 heavy (non-hydrogen) atoms. The zero-order chi connectivity index (χ0) is 12.2. The standard InChI is InChI=1S/C14H26N2O2.2ClH/c1-3-13(17-9-1)11-15-5-7-16(8-6-15)12-14-4-2-10-18-14;;/h13-14H,1-12H2;2*1H. The molecule has 3 heterocycles. The predicted octanol–water partition coefficient (Wildman–Crippen LogP) is 1.81. The molecule has 0 N–H and O–H groups in total. The first-order valence-corrected chi connectivity index (χ1v) is 7.58. The van der Waals surface area contributed by atoms with Crippen LogP contribution in [-0.2, 0) is 9.47 Å². The van der Waals surface area contributed by atoms with Gasteiger partial charge in [0.15, 0.2) is 0 Å². The van der Waals surface area contributed by atoms with Gasteiger partial charge in [0.05, 0.1) is 12.2 Å². The zero-order valence-electron chi connectivity index (χ0n) is 12.2. The fourth-order valence-corrected chi connectivity index (χ4v) is 3.31. The Morgan fingerprint density at radius 1 is 0.700 bits per heavy atom. The second-order valence-corrected chi connectivity index (χ2v) is 5.87. The van der Waals surface area contributed by atoms with Gasteiger partial charge in [0.1, 0.15) is 0 Å². The van der Waals surface area contributed by atoms with Crippen molar-refractivity contribution in [1.29, 1.82) is 0 Å². The summed E-state index contributed by atoms with van der Waals surface area (Å²) in [4.78, 5) is 5.14. The van der Waals surface area contributed by atoms with E-state index < -0.39 is 0 Å². The Hall–Kier alpha value is 0.420. The third kappa shape index (κ3) is 5.32. The van der Waals surface area contributed by atoms with Crippen LogP contribution >= 0.6 is 24.8 Å². The lowest BCUT2D eigenvalue weighted by Gasteiger charge is -2.36. The largest absolute Gasteiger partial charge is 0.377 e. The van der Waals surface area contributed by atoms with Crippen LogP contribution in [0.3, 0.4) is 0 Å². The van der Waals surface area contributed by atoms with E-state index in [-0.39, 0.29) is 24.8 Å². The Kier molecular flexibility index (Phi) is 8.72. The quantitative estimate of drug-likeness (QED) is 0.786. The van der Waals surface area contributed by atoms with Crippen LogP contribution in [0, 0.1) is 0 Å². The van der Waals surface area contributed by atoms with Gasteiger partial charge in [-0.3, -0.25) is 9.80 Å². The molecule has 3 aliphatic rings. The van der Waals surface area contributed by atoms with Gasteiger partial charge in [-0.15, -0.1) is 24.8 Å². The van der Waals surface area contributed by atoms with Crippen LogP contribution in [0.5, 0.6) is 0 Å². The van der Waals surface area contributed by atoms with E-state index in [0.717, 1.165) is 26.3 Å². The van der Waals surface area contributed by atoms with Crippen molar-refractivity contribution in [2.24, 2.45) is 0 Å². The summed E-state index contributed by atoms with van der Waals surface area (Å²) in [5, 5.41) is 0. The summed E-state index contributed by atoms with van der Waals surface area (Å²) in [6.45, 7) is 9.05. The summed E-state index contributed by atoms with van der Waals surface area (Å²) in [5.41, 5.74) is 0. The lowest BCUT2D eigenvalue weighted by atomic mass is 10.2. The van der Waals surface area contributed by atoms with Crippen molar-refractivity contribution in [3.8, 4) is 0 Å². The SMILES string of the molecule is C1COC(CN2CCN(CC3CCCO3)CC2)C1.Cl.Cl. The molecular weight excluding hydrogens is 299 g/mol. The summed E-state index contributed by atoms with van der Waals surface area (Å²) in [5.74, 6) is 0. The van der Waals surface area contributed by atoms with E-state index in [9.17, 15) is 0 Å². The van der Waals surface area contributed by atoms with Crippen LogP contribution in [0.25, 0.3) is 0 Å². The number of hydrogen-bond acceptors (Lipinski definition) is 4. The fraction of sp³-hybridized carbons (Fsp3) is 1.00. The first-order valence-electron chi connectivity index (χ1n) is 7.58. The number of piperazine rings is 1. The fourth-order valence-electron chi connectivity index (χ4n) is 3.31. The first kappa shape index (κ1) is 18.5. The third-order valence-corrected chi connectivity index (χ3v) is 4.44. The molecule has 3 fully saturated rings. The summed E-state index contributed by atoms with van der Waals surface area (Å²) < 4.78 is 11.4. The minimum atomic E-state index is 0. The van der Waals surface area contributed by atoms with Crippen molar-refractivity contribution in [3.05, 3.63) is 0 Å². The lowest BCUT2D eigenvalue weighted by molar-refractivity contribution is 0.0288. The monoisotopic (exact) mass is 326 g/mol. The minimum absolute atomic E-state index is 0. The molecule has 4 nitrogen and oxygen atoms in total. The average molecular weight is 327 g/mol. The van der Waals surface area contributed by atoms with Gasteiger partial charge in [0, 0.05) is 52.5 Å². The van der Waals surface area contributed by atoms with E-state index in [1.807, 2.05) is 0 Å². The number of nitrogens with zero attached hydrogens (tertiary/aromatic N) is 2. The summed E-state index contributed by atoms with van der Waals surface area (Å²) >= 11 is 0. The van der Waals surface area contributed by atoms with Crippen LogP contribution in [0.2, 0.25) is 0 Å². The molecule has 0 radical (unpaired) electrons. The molecule has 0 bridgehead atoms. The van der Waals surface area contributed by atoms with E-state index >= 15 is 0 Å². The molecule has 0 spiro atoms. The molecule has 0 aromatic rings. The lowest BCUT2D eigenvalue weighted by Crippen LogP contribution is -2.50. The molecule has 0 amide bonds. The van der Waals surface area contributed by atoms with E-state index in [4.69, 9.17) is 9.47 Å². The van der Waals surface area contributed by atoms with Crippen LogP contribution < -0.4 is 0 Å². The Balaban J connectivity index is 0.000001000. The number of halogens is 2. The van der Waals surface area contributed by atoms with Crippen LogP contribution in [0.15, 0.2) is 0 Å². The maximum atomic E-state index is 5.71. The van der Waals surface area contributed by atoms with Crippen molar-refractivity contribution < 1.29 is 9.47 Å². The number of hydrogen-bond donors (Lipinski definition) is 0. The van der Waals surface area contributed by atoms with Gasteiger partial charge in [-0.05, 0) is 25.7 Å². The molecular formula is C14H28Cl2N2O2. The highest BCUT2D eigenvalue weighted by Crippen LogP contribution is 2.16. The van der Waals surface area contributed by atoms with Gasteiger partial charge in [0.2, 0.25) is 0 Å². The molecule has 0 aromatic carbocycles. The Labute approximate surface area is 135 Å². The normalized spacial score (nSPS) is 31.8. The van der Waals surface area contributed by atoms with Gasteiger partial charge in [-0.1, -0.05) is 0 Å². The zero-order valence-corrected chi connectivity index (χ0v) is 13.8. The topological polar surface area (TPSA) is 24.9 Å². The number of rotatable bonds is 4. The molecule has 3 saturated heterocycles. The highest BCUT2D eigenvalue weighted by molar-refractivity contribution is 5.85. The first-order chi connectivity index (χ1) is 8.90. The van der Waals surface area contributed by atoms with Crippen molar-refractivity contribution in [3.63, 3.8) is 0 Å². The maximum Gasteiger partial charge on any atom is 0.0702 e. The molecule has 120 valence electrons.